The fourth-order valence-corrected chi connectivity index (χ4v) is 2.70. The number of hydrogen-bond acceptors (Lipinski definition) is 4. The molecule has 2 aromatic carbocycles. The van der Waals surface area contributed by atoms with Crippen LogP contribution >= 0.6 is 0 Å². The van der Waals surface area contributed by atoms with Crippen molar-refractivity contribution in [2.75, 3.05) is 21.3 Å². The minimum absolute atomic E-state index is 0.0454. The van der Waals surface area contributed by atoms with Crippen molar-refractivity contribution in [1.29, 1.82) is 5.26 Å². The molecule has 0 bridgehead atoms. The highest BCUT2D eigenvalue weighted by molar-refractivity contribution is 5.55. The van der Waals surface area contributed by atoms with Crippen LogP contribution in [0.15, 0.2) is 42.5 Å². The normalized spacial score (nSPS) is 12.8. The van der Waals surface area contributed by atoms with Crippen molar-refractivity contribution in [3.8, 4) is 23.3 Å². The number of benzene rings is 2. The molecule has 0 amide bonds. The molecule has 2 aromatic rings. The molecule has 2 unspecified atom stereocenters. The quantitative estimate of drug-likeness (QED) is 0.805. The van der Waals surface area contributed by atoms with Crippen LogP contribution in [0.5, 0.6) is 17.2 Å². The van der Waals surface area contributed by atoms with Crippen LogP contribution in [0.2, 0.25) is 0 Å². The van der Waals surface area contributed by atoms with Gasteiger partial charge in [0.2, 0.25) is 5.75 Å². The fourth-order valence-electron chi connectivity index (χ4n) is 2.70. The summed E-state index contributed by atoms with van der Waals surface area (Å²) in [6.07, 6.45) is 0. The lowest BCUT2D eigenvalue weighted by Crippen LogP contribution is -2.08. The lowest BCUT2D eigenvalue weighted by atomic mass is 9.83. The number of nitriles is 1. The molecule has 0 saturated carbocycles. The zero-order chi connectivity index (χ0) is 16.8. The molecular weight excluding hydrogens is 290 g/mol. The van der Waals surface area contributed by atoms with E-state index in [9.17, 15) is 5.26 Å². The first-order chi connectivity index (χ1) is 11.2. The van der Waals surface area contributed by atoms with E-state index < -0.39 is 0 Å². The molecule has 120 valence electrons. The minimum atomic E-state index is -0.314. The summed E-state index contributed by atoms with van der Waals surface area (Å²) >= 11 is 0. The van der Waals surface area contributed by atoms with E-state index in [0.717, 1.165) is 11.1 Å². The molecule has 0 spiro atoms. The summed E-state index contributed by atoms with van der Waals surface area (Å²) in [6.45, 7) is 2.05. The molecule has 4 heteroatoms. The van der Waals surface area contributed by atoms with E-state index in [1.165, 1.54) is 0 Å². The Morgan fingerprint density at radius 2 is 1.43 bits per heavy atom. The van der Waals surface area contributed by atoms with E-state index in [1.54, 1.807) is 21.3 Å². The van der Waals surface area contributed by atoms with E-state index in [0.29, 0.717) is 17.2 Å². The number of rotatable bonds is 6. The summed E-state index contributed by atoms with van der Waals surface area (Å²) in [5.41, 5.74) is 1.96. The highest BCUT2D eigenvalue weighted by Gasteiger charge is 2.24. The number of nitrogens with zero attached hydrogens (tertiary/aromatic N) is 1. The number of hydrogen-bond donors (Lipinski definition) is 0. The lowest BCUT2D eigenvalue weighted by molar-refractivity contribution is 0.323. The maximum absolute atomic E-state index is 9.70. The standard InChI is InChI=1S/C19H21NO3/c1-13(14-8-6-5-7-9-14)16(12-20)15-10-17(21-2)19(23-4)18(11-15)22-3/h5-11,13,16H,1-4H3. The Labute approximate surface area is 137 Å². The van der Waals surface area contributed by atoms with Crippen LogP contribution in [0.1, 0.15) is 29.9 Å². The highest BCUT2D eigenvalue weighted by Crippen LogP contribution is 2.42. The van der Waals surface area contributed by atoms with E-state index in [-0.39, 0.29) is 11.8 Å². The summed E-state index contributed by atoms with van der Waals surface area (Å²) in [6, 6.07) is 16.1. The van der Waals surface area contributed by atoms with Crippen LogP contribution in [-0.4, -0.2) is 21.3 Å². The predicted octanol–water partition coefficient (Wildman–Crippen LogP) is 4.12. The molecule has 0 heterocycles. The molecule has 2 atom stereocenters. The number of methoxy groups -OCH3 is 3. The summed E-state index contributed by atoms with van der Waals surface area (Å²) < 4.78 is 16.1. The van der Waals surface area contributed by atoms with Crippen LogP contribution in [0.3, 0.4) is 0 Å². The molecule has 0 N–H and O–H groups in total. The average Bonchev–Trinajstić information content (AvgIpc) is 2.61. The second kappa shape index (κ2) is 7.55. The van der Waals surface area contributed by atoms with Crippen molar-refractivity contribution in [2.45, 2.75) is 18.8 Å². The lowest BCUT2D eigenvalue weighted by Gasteiger charge is -2.21. The van der Waals surface area contributed by atoms with Gasteiger partial charge in [0.05, 0.1) is 33.3 Å². The van der Waals surface area contributed by atoms with Gasteiger partial charge in [0.15, 0.2) is 11.5 Å². The molecule has 0 radical (unpaired) electrons. The molecule has 0 aliphatic rings. The van der Waals surface area contributed by atoms with Crippen LogP contribution in [0.4, 0.5) is 0 Å². The Bertz CT molecular complexity index is 667. The predicted molar refractivity (Wildman–Crippen MR) is 89.3 cm³/mol. The summed E-state index contributed by atoms with van der Waals surface area (Å²) in [7, 11) is 4.71. The maximum Gasteiger partial charge on any atom is 0.203 e. The second-order valence-corrected chi connectivity index (χ2v) is 5.26. The molecule has 0 aliphatic carbocycles. The molecule has 0 aromatic heterocycles. The molecule has 23 heavy (non-hydrogen) atoms. The Morgan fingerprint density at radius 1 is 0.870 bits per heavy atom. The Kier molecular flexibility index (Phi) is 5.48. The summed E-state index contributed by atoms with van der Waals surface area (Å²) in [5.74, 6) is 1.38. The third kappa shape index (κ3) is 3.40. The zero-order valence-corrected chi connectivity index (χ0v) is 13.9. The maximum atomic E-state index is 9.70. The number of ether oxygens (including phenoxy) is 3. The van der Waals surface area contributed by atoms with Gasteiger partial charge in [-0.25, -0.2) is 0 Å². The molecule has 2 rings (SSSR count). The third-order valence-electron chi connectivity index (χ3n) is 4.01. The van der Waals surface area contributed by atoms with Gasteiger partial charge in [-0.3, -0.25) is 0 Å². The Morgan fingerprint density at radius 3 is 1.87 bits per heavy atom. The molecule has 0 fully saturated rings. The van der Waals surface area contributed by atoms with Crippen LogP contribution in [0.25, 0.3) is 0 Å². The van der Waals surface area contributed by atoms with E-state index in [2.05, 4.69) is 6.07 Å². The third-order valence-corrected chi connectivity index (χ3v) is 4.01. The first kappa shape index (κ1) is 16.7. The molecule has 4 nitrogen and oxygen atoms in total. The average molecular weight is 311 g/mol. The SMILES string of the molecule is COc1cc(C(C#N)C(C)c2ccccc2)cc(OC)c1OC. The van der Waals surface area contributed by atoms with Gasteiger partial charge in [0.1, 0.15) is 0 Å². The van der Waals surface area contributed by atoms with Crippen molar-refractivity contribution in [1.82, 2.24) is 0 Å². The summed E-state index contributed by atoms with van der Waals surface area (Å²) in [5, 5.41) is 9.70. The smallest absolute Gasteiger partial charge is 0.203 e. The molecular formula is C19H21NO3. The minimum Gasteiger partial charge on any atom is -0.493 e. The highest BCUT2D eigenvalue weighted by atomic mass is 16.5. The molecule has 0 aliphatic heterocycles. The van der Waals surface area contributed by atoms with Gasteiger partial charge in [-0.1, -0.05) is 37.3 Å². The van der Waals surface area contributed by atoms with E-state index in [1.807, 2.05) is 49.4 Å². The largest absolute Gasteiger partial charge is 0.493 e. The molecule has 0 saturated heterocycles. The van der Waals surface area contributed by atoms with Gasteiger partial charge in [0.25, 0.3) is 0 Å². The fraction of sp³-hybridized carbons (Fsp3) is 0.316. The van der Waals surface area contributed by atoms with Gasteiger partial charge < -0.3 is 14.2 Å². The first-order valence-electron chi connectivity index (χ1n) is 7.40. The van der Waals surface area contributed by atoms with Crippen LogP contribution in [-0.2, 0) is 0 Å². The summed E-state index contributed by atoms with van der Waals surface area (Å²) in [4.78, 5) is 0. The van der Waals surface area contributed by atoms with Gasteiger partial charge in [0, 0.05) is 5.92 Å². The van der Waals surface area contributed by atoms with Crippen molar-refractivity contribution in [3.63, 3.8) is 0 Å². The van der Waals surface area contributed by atoms with Gasteiger partial charge in [-0.15, -0.1) is 0 Å². The zero-order valence-electron chi connectivity index (χ0n) is 13.9. The van der Waals surface area contributed by atoms with Crippen molar-refractivity contribution < 1.29 is 14.2 Å². The van der Waals surface area contributed by atoms with Crippen molar-refractivity contribution >= 4 is 0 Å². The van der Waals surface area contributed by atoms with Gasteiger partial charge in [-0.2, -0.15) is 5.26 Å². The Balaban J connectivity index is 2.48. The topological polar surface area (TPSA) is 51.5 Å². The Hall–Kier alpha value is -2.67. The van der Waals surface area contributed by atoms with E-state index in [4.69, 9.17) is 14.2 Å². The van der Waals surface area contributed by atoms with Crippen molar-refractivity contribution in [3.05, 3.63) is 53.6 Å². The first-order valence-corrected chi connectivity index (χ1v) is 7.40. The van der Waals surface area contributed by atoms with Crippen LogP contribution < -0.4 is 14.2 Å². The van der Waals surface area contributed by atoms with Gasteiger partial charge >= 0.3 is 0 Å². The monoisotopic (exact) mass is 311 g/mol. The van der Waals surface area contributed by atoms with Crippen molar-refractivity contribution in [2.24, 2.45) is 0 Å². The van der Waals surface area contributed by atoms with E-state index >= 15 is 0 Å². The van der Waals surface area contributed by atoms with Crippen LogP contribution in [0, 0.1) is 11.3 Å². The second-order valence-electron chi connectivity index (χ2n) is 5.26. The van der Waals surface area contributed by atoms with Gasteiger partial charge in [-0.05, 0) is 23.3 Å².